The van der Waals surface area contributed by atoms with Gasteiger partial charge in [-0.25, -0.2) is 0 Å². The number of hydrogen-bond acceptors (Lipinski definition) is 8. The van der Waals surface area contributed by atoms with Gasteiger partial charge in [-0.2, -0.15) is 0 Å². The van der Waals surface area contributed by atoms with Gasteiger partial charge in [-0.05, 0) is 0 Å². The molecule has 0 spiro atoms. The quantitative estimate of drug-likeness (QED) is 0.155. The molecule has 0 amide bonds. The van der Waals surface area contributed by atoms with E-state index in [2.05, 4.69) is 14.3 Å². The number of aliphatic hydroxyl groups is 1. The monoisotopic (exact) mass is 636 g/mol. The predicted octanol–water partition coefficient (Wildman–Crippen LogP) is 5.07. The van der Waals surface area contributed by atoms with Crippen LogP contribution in [0, 0.1) is 0 Å². The zero-order valence-corrected chi connectivity index (χ0v) is 24.4. The van der Waals surface area contributed by atoms with Crippen LogP contribution in [0.1, 0.15) is 0 Å². The molecule has 2 aliphatic heterocycles. The summed E-state index contributed by atoms with van der Waals surface area (Å²) in [6.45, 7) is 0.469. The number of aliphatic hydroxyl groups excluding tert-OH is 1. The van der Waals surface area contributed by atoms with E-state index in [4.69, 9.17) is 29.9 Å². The SMILES string of the molecule is OCC[NH][Cu][c]1cccc2c3nc4nc(nc5[nH]c(nc6nc(nc([nH]3)c12)-c1ccccc1-6)c1ccccc51)-c1ccccc1-4. The van der Waals surface area contributed by atoms with E-state index < -0.39 is 0 Å². The Morgan fingerprint density at radius 2 is 0.956 bits per heavy atom. The van der Waals surface area contributed by atoms with E-state index in [1.165, 1.54) is 0 Å². The number of H-pyrrole nitrogens is 2. The molecule has 2 aliphatic rings. The average Bonchev–Trinajstić information content (AvgIpc) is 3.81. The summed E-state index contributed by atoms with van der Waals surface area (Å²) in [5.41, 5.74) is 6.14. The van der Waals surface area contributed by atoms with Crippen molar-refractivity contribution in [3.8, 4) is 45.6 Å². The number of nitrogens with one attached hydrogen (secondary N) is 3. The first-order valence-electron chi connectivity index (χ1n) is 14.4. The first-order chi connectivity index (χ1) is 22.2. The van der Waals surface area contributed by atoms with E-state index in [-0.39, 0.29) is 6.61 Å². The first-order valence-corrected chi connectivity index (χ1v) is 15.3. The van der Waals surface area contributed by atoms with Crippen LogP contribution >= 0.6 is 0 Å². The van der Waals surface area contributed by atoms with Crippen molar-refractivity contribution in [3.63, 3.8) is 0 Å². The molecule has 11 heteroatoms. The van der Waals surface area contributed by atoms with Crippen LogP contribution in [-0.2, 0) is 15.2 Å². The number of aromatic nitrogens is 8. The molecule has 45 heavy (non-hydrogen) atoms. The summed E-state index contributed by atoms with van der Waals surface area (Å²) < 4.78 is 4.14. The van der Waals surface area contributed by atoms with Gasteiger partial charge in [0.1, 0.15) is 0 Å². The van der Waals surface area contributed by atoms with Gasteiger partial charge in [-0.3, -0.25) is 0 Å². The summed E-state index contributed by atoms with van der Waals surface area (Å²) in [5.74, 6) is 2.24. The van der Waals surface area contributed by atoms with Crippen LogP contribution in [0.2, 0.25) is 0 Å². The molecule has 0 radical (unpaired) electrons. The number of fused-ring (bicyclic) bond motifs is 20. The van der Waals surface area contributed by atoms with Gasteiger partial charge >= 0.3 is 257 Å². The van der Waals surface area contributed by atoms with Crippen LogP contribution < -0.4 is 8.79 Å². The Morgan fingerprint density at radius 1 is 0.511 bits per heavy atom. The number of rotatable bonds is 4. The van der Waals surface area contributed by atoms with Crippen molar-refractivity contribution in [2.24, 2.45) is 0 Å². The number of nitrogens with zero attached hydrogens (tertiary/aromatic N) is 6. The van der Waals surface area contributed by atoms with Crippen molar-refractivity contribution in [2.75, 3.05) is 13.2 Å². The molecule has 7 aromatic rings. The molecule has 9 rings (SSSR count). The van der Waals surface area contributed by atoms with Gasteiger partial charge in [0.2, 0.25) is 0 Å². The molecular formula is C34H23CuN9O. The molecule has 0 unspecified atom stereocenters. The second kappa shape index (κ2) is 10.4. The van der Waals surface area contributed by atoms with E-state index in [1.54, 1.807) is 15.2 Å². The summed E-state index contributed by atoms with van der Waals surface area (Å²) in [6, 6.07) is 30.0. The van der Waals surface area contributed by atoms with E-state index in [1.807, 2.05) is 91.0 Å². The zero-order valence-electron chi connectivity index (χ0n) is 23.5. The van der Waals surface area contributed by atoms with Crippen LogP contribution in [-0.4, -0.2) is 58.1 Å². The molecule has 10 nitrogen and oxygen atoms in total. The molecule has 0 saturated heterocycles. The summed E-state index contributed by atoms with van der Waals surface area (Å²) in [4.78, 5) is 37.1. The van der Waals surface area contributed by atoms with E-state index >= 15 is 0 Å². The molecule has 221 valence electrons. The summed E-state index contributed by atoms with van der Waals surface area (Å²) in [6.07, 6.45) is 0. The predicted molar refractivity (Wildman–Crippen MR) is 171 cm³/mol. The Balaban J connectivity index is 1.46. The molecule has 4 aromatic carbocycles. The summed E-state index contributed by atoms with van der Waals surface area (Å²) in [7, 11) is 0. The normalized spacial score (nSPS) is 12.1. The molecule has 8 bridgehead atoms. The Bertz CT molecular complexity index is 2480. The van der Waals surface area contributed by atoms with Crippen LogP contribution in [0.25, 0.3) is 89.7 Å². The van der Waals surface area contributed by atoms with Gasteiger partial charge in [0, 0.05) is 0 Å². The number of aromatic amines is 2. The first kappa shape index (κ1) is 26.1. The Labute approximate surface area is 262 Å². The van der Waals surface area contributed by atoms with Crippen molar-refractivity contribution in [1.82, 2.24) is 44.2 Å². The summed E-state index contributed by atoms with van der Waals surface area (Å²) >= 11 is 1.55. The van der Waals surface area contributed by atoms with Gasteiger partial charge in [0.25, 0.3) is 0 Å². The molecule has 0 aliphatic carbocycles. The van der Waals surface area contributed by atoms with Gasteiger partial charge in [0.15, 0.2) is 0 Å². The topological polar surface area (TPSA) is 141 Å². The van der Waals surface area contributed by atoms with Gasteiger partial charge in [0.05, 0.1) is 0 Å². The third-order valence-electron chi connectivity index (χ3n) is 7.82. The van der Waals surface area contributed by atoms with Gasteiger partial charge in [-0.1, -0.05) is 6.07 Å². The maximum absolute atomic E-state index is 9.37. The Kier molecular flexibility index (Phi) is 6.03. The van der Waals surface area contributed by atoms with Crippen molar-refractivity contribution in [3.05, 3.63) is 91.0 Å². The van der Waals surface area contributed by atoms with E-state index in [0.29, 0.717) is 52.4 Å². The standard InChI is InChI=1S/C32H17N8.C2H6NO.Cu/c1-2-10-18-17(9-1)25-33-26(18)38-28-21-13-5-6-14-22(21)30(35-28)40-32-24-16-8-7-15-23(24)31(36-32)39-29-20-12-4-3-11-19(20)27(34-29)37-25;3-1-2-4;/h1-15H,(H2,33,34,35,36,37,38,39,40);3-4H,1-2H2;/q;-1;+1. The maximum atomic E-state index is 9.37. The third-order valence-corrected chi connectivity index (χ3v) is 8.87. The van der Waals surface area contributed by atoms with Crippen LogP contribution in [0.5, 0.6) is 0 Å². The molecule has 0 fully saturated rings. The molecule has 5 heterocycles. The molecular weight excluding hydrogens is 614 g/mol. The average molecular weight is 637 g/mol. The Morgan fingerprint density at radius 3 is 1.49 bits per heavy atom. The van der Waals surface area contributed by atoms with Crippen LogP contribution in [0.3, 0.4) is 0 Å². The van der Waals surface area contributed by atoms with Gasteiger partial charge in [-0.15, -0.1) is 0 Å². The fourth-order valence-electron chi connectivity index (χ4n) is 5.81. The Hall–Kier alpha value is -5.32. The van der Waals surface area contributed by atoms with Crippen LogP contribution in [0.4, 0.5) is 0 Å². The number of hydrogen-bond donors (Lipinski definition) is 4. The van der Waals surface area contributed by atoms with E-state index in [9.17, 15) is 5.11 Å². The third kappa shape index (κ3) is 4.25. The molecule has 0 atom stereocenters. The summed E-state index contributed by atoms with van der Waals surface area (Å²) in [5, 5.41) is 13.0. The van der Waals surface area contributed by atoms with Gasteiger partial charge < -0.3 is 0 Å². The van der Waals surface area contributed by atoms with Crippen molar-refractivity contribution in [1.29, 1.82) is 0 Å². The van der Waals surface area contributed by atoms with Crippen LogP contribution in [0.15, 0.2) is 91.0 Å². The fraction of sp³-hybridized carbons (Fsp3) is 0.0588. The zero-order chi connectivity index (χ0) is 29.9. The fourth-order valence-corrected chi connectivity index (χ4v) is 6.74. The van der Waals surface area contributed by atoms with E-state index in [0.717, 1.165) is 48.3 Å². The second-order valence-corrected chi connectivity index (χ2v) is 11.6. The minimum absolute atomic E-state index is 0.0294. The molecule has 4 N–H and O–H groups in total. The number of benzene rings is 4. The van der Waals surface area contributed by atoms with Crippen molar-refractivity contribution in [2.45, 2.75) is 0 Å². The van der Waals surface area contributed by atoms with Crippen molar-refractivity contribution < 1.29 is 20.3 Å². The van der Waals surface area contributed by atoms with Crippen molar-refractivity contribution >= 4 is 48.6 Å². The molecule has 3 aromatic heterocycles. The minimum atomic E-state index is 0.0294. The molecule has 0 saturated carbocycles. The second-order valence-electron chi connectivity index (χ2n) is 10.5.